The first-order valence-corrected chi connectivity index (χ1v) is 8.92. The molecule has 3 aliphatic heterocycles. The number of rotatable bonds is 6. The van der Waals surface area contributed by atoms with Crippen molar-refractivity contribution in [1.82, 2.24) is 5.32 Å². The van der Waals surface area contributed by atoms with Crippen LogP contribution in [0, 0.1) is 0 Å². The van der Waals surface area contributed by atoms with Crippen LogP contribution >= 0.6 is 0 Å². The standard InChI is InChI=1S/C18H22F2N2O4/c19-17(20)25-15-4-3-12(8-16(15)24-10-13-2-1-6-21-13)14-9-18(26-22-14)5-7-23-11-18/h3-4,8,13,17,21H,1-2,5-7,9-11H2/t13-,18?/m1/s1. The van der Waals surface area contributed by atoms with Gasteiger partial charge in [0.25, 0.3) is 0 Å². The predicted octanol–water partition coefficient (Wildman–Crippen LogP) is 2.70. The van der Waals surface area contributed by atoms with E-state index in [1.807, 2.05) is 0 Å². The van der Waals surface area contributed by atoms with Gasteiger partial charge in [0.1, 0.15) is 6.61 Å². The summed E-state index contributed by atoms with van der Waals surface area (Å²) < 4.78 is 41.2. The van der Waals surface area contributed by atoms with Crippen LogP contribution in [0.5, 0.6) is 11.5 Å². The molecular weight excluding hydrogens is 346 g/mol. The average Bonchev–Trinajstić information content (AvgIpc) is 3.37. The van der Waals surface area contributed by atoms with Crippen molar-refractivity contribution in [1.29, 1.82) is 0 Å². The van der Waals surface area contributed by atoms with E-state index in [1.54, 1.807) is 12.1 Å². The van der Waals surface area contributed by atoms with Crippen LogP contribution in [-0.2, 0) is 9.57 Å². The summed E-state index contributed by atoms with van der Waals surface area (Å²) >= 11 is 0. The second kappa shape index (κ2) is 7.36. The third-order valence-corrected chi connectivity index (χ3v) is 5.00. The number of alkyl halides is 2. The summed E-state index contributed by atoms with van der Waals surface area (Å²) in [5, 5.41) is 7.51. The van der Waals surface area contributed by atoms with Crippen LogP contribution in [0.15, 0.2) is 23.4 Å². The summed E-state index contributed by atoms with van der Waals surface area (Å²) in [6, 6.07) is 5.13. The molecule has 0 aliphatic carbocycles. The number of nitrogens with zero attached hydrogens (tertiary/aromatic N) is 1. The third-order valence-electron chi connectivity index (χ3n) is 5.00. The highest BCUT2D eigenvalue weighted by Crippen LogP contribution is 2.36. The van der Waals surface area contributed by atoms with Crippen LogP contribution in [0.1, 0.15) is 31.2 Å². The van der Waals surface area contributed by atoms with Gasteiger partial charge in [-0.1, -0.05) is 5.16 Å². The van der Waals surface area contributed by atoms with E-state index in [0.29, 0.717) is 32.0 Å². The molecule has 3 aliphatic rings. The Morgan fingerprint density at radius 1 is 1.35 bits per heavy atom. The molecule has 2 saturated heterocycles. The molecule has 1 aromatic rings. The fraction of sp³-hybridized carbons (Fsp3) is 0.611. The van der Waals surface area contributed by atoms with Crippen molar-refractivity contribution in [2.75, 3.05) is 26.4 Å². The molecule has 2 atom stereocenters. The van der Waals surface area contributed by atoms with Crippen LogP contribution in [0.3, 0.4) is 0 Å². The average molecular weight is 368 g/mol. The highest BCUT2D eigenvalue weighted by atomic mass is 19.3. The Morgan fingerprint density at radius 3 is 3.00 bits per heavy atom. The summed E-state index contributed by atoms with van der Waals surface area (Å²) in [7, 11) is 0. The van der Waals surface area contributed by atoms with E-state index in [4.69, 9.17) is 14.3 Å². The number of halogens is 2. The van der Waals surface area contributed by atoms with Crippen molar-refractivity contribution in [3.8, 4) is 11.5 Å². The summed E-state index contributed by atoms with van der Waals surface area (Å²) in [5.41, 5.74) is 1.16. The van der Waals surface area contributed by atoms with Crippen LogP contribution in [0.2, 0.25) is 0 Å². The maximum atomic E-state index is 12.7. The second-order valence-corrected chi connectivity index (χ2v) is 6.94. The topological polar surface area (TPSA) is 61.3 Å². The lowest BCUT2D eigenvalue weighted by atomic mass is 9.93. The first-order valence-electron chi connectivity index (χ1n) is 8.92. The van der Waals surface area contributed by atoms with Crippen molar-refractivity contribution in [3.63, 3.8) is 0 Å². The first kappa shape index (κ1) is 17.5. The van der Waals surface area contributed by atoms with Gasteiger partial charge in [-0.2, -0.15) is 8.78 Å². The number of nitrogens with one attached hydrogen (secondary N) is 1. The van der Waals surface area contributed by atoms with Gasteiger partial charge in [-0.15, -0.1) is 0 Å². The van der Waals surface area contributed by atoms with Crippen molar-refractivity contribution in [2.24, 2.45) is 5.16 Å². The lowest BCUT2D eigenvalue weighted by molar-refractivity contribution is -0.0515. The third kappa shape index (κ3) is 3.76. The smallest absolute Gasteiger partial charge is 0.387 e. The van der Waals surface area contributed by atoms with Gasteiger partial charge in [0.05, 0.1) is 18.9 Å². The van der Waals surface area contributed by atoms with Gasteiger partial charge < -0.3 is 24.4 Å². The number of hydrogen-bond acceptors (Lipinski definition) is 6. The summed E-state index contributed by atoms with van der Waals surface area (Å²) in [6.07, 6.45) is 3.52. The monoisotopic (exact) mass is 368 g/mol. The molecule has 1 spiro atoms. The minimum atomic E-state index is -2.90. The Hall–Kier alpha value is -1.93. The quantitative estimate of drug-likeness (QED) is 0.837. The Kier molecular flexibility index (Phi) is 4.95. The van der Waals surface area contributed by atoms with E-state index < -0.39 is 6.61 Å². The highest BCUT2D eigenvalue weighted by Gasteiger charge is 2.43. The number of ether oxygens (including phenoxy) is 3. The molecule has 142 valence electrons. The number of benzene rings is 1. The van der Waals surface area contributed by atoms with E-state index in [-0.39, 0.29) is 17.4 Å². The molecule has 0 aromatic heterocycles. The molecule has 1 aromatic carbocycles. The van der Waals surface area contributed by atoms with E-state index in [2.05, 4.69) is 15.2 Å². The van der Waals surface area contributed by atoms with E-state index in [9.17, 15) is 8.78 Å². The van der Waals surface area contributed by atoms with Gasteiger partial charge in [0, 0.05) is 24.4 Å². The molecule has 4 rings (SSSR count). The van der Waals surface area contributed by atoms with Gasteiger partial charge in [0.2, 0.25) is 0 Å². The van der Waals surface area contributed by atoms with Crippen LogP contribution in [-0.4, -0.2) is 50.3 Å². The SMILES string of the molecule is FC(F)Oc1ccc(C2=NOC3(CCOC3)C2)cc1OC[C@H]1CCCN1. The van der Waals surface area contributed by atoms with Crippen LogP contribution in [0.4, 0.5) is 8.78 Å². The molecule has 2 fully saturated rings. The summed E-state index contributed by atoms with van der Waals surface area (Å²) in [4.78, 5) is 5.61. The summed E-state index contributed by atoms with van der Waals surface area (Å²) in [6.45, 7) is -0.370. The second-order valence-electron chi connectivity index (χ2n) is 6.94. The molecular formula is C18H22F2N2O4. The molecule has 0 amide bonds. The normalized spacial score (nSPS) is 27.8. The minimum Gasteiger partial charge on any atom is -0.488 e. The fourth-order valence-corrected chi connectivity index (χ4v) is 3.56. The zero-order valence-corrected chi connectivity index (χ0v) is 14.4. The van der Waals surface area contributed by atoms with E-state index in [1.165, 1.54) is 6.07 Å². The molecule has 0 radical (unpaired) electrons. The Balaban J connectivity index is 1.51. The molecule has 8 heteroatoms. The molecule has 0 bridgehead atoms. The maximum Gasteiger partial charge on any atom is 0.387 e. The fourth-order valence-electron chi connectivity index (χ4n) is 3.56. The summed E-state index contributed by atoms with van der Waals surface area (Å²) in [5.74, 6) is 0.322. The molecule has 0 saturated carbocycles. The van der Waals surface area contributed by atoms with Crippen molar-refractivity contribution in [2.45, 2.75) is 43.9 Å². The Morgan fingerprint density at radius 2 is 2.27 bits per heavy atom. The lowest BCUT2D eigenvalue weighted by Crippen LogP contribution is -2.29. The van der Waals surface area contributed by atoms with Gasteiger partial charge >= 0.3 is 6.61 Å². The minimum absolute atomic E-state index is 0.0279. The van der Waals surface area contributed by atoms with Gasteiger partial charge in [-0.25, -0.2) is 0 Å². The van der Waals surface area contributed by atoms with Crippen molar-refractivity contribution >= 4 is 5.71 Å². The first-order chi connectivity index (χ1) is 12.6. The predicted molar refractivity (Wildman–Crippen MR) is 90.0 cm³/mol. The maximum absolute atomic E-state index is 12.7. The molecule has 6 nitrogen and oxygen atoms in total. The van der Waals surface area contributed by atoms with Gasteiger partial charge in [-0.05, 0) is 37.6 Å². The highest BCUT2D eigenvalue weighted by molar-refractivity contribution is 6.02. The number of hydrogen-bond donors (Lipinski definition) is 1. The molecule has 3 heterocycles. The van der Waals surface area contributed by atoms with E-state index in [0.717, 1.165) is 37.1 Å². The Labute approximate surface area is 150 Å². The van der Waals surface area contributed by atoms with Crippen LogP contribution in [0.25, 0.3) is 0 Å². The zero-order valence-electron chi connectivity index (χ0n) is 14.4. The Bertz CT molecular complexity index is 671. The number of oxime groups is 1. The van der Waals surface area contributed by atoms with Crippen LogP contribution < -0.4 is 14.8 Å². The van der Waals surface area contributed by atoms with Crippen molar-refractivity contribution < 1.29 is 27.8 Å². The largest absolute Gasteiger partial charge is 0.488 e. The molecule has 1 unspecified atom stereocenters. The molecule has 26 heavy (non-hydrogen) atoms. The van der Waals surface area contributed by atoms with Gasteiger partial charge in [-0.3, -0.25) is 0 Å². The lowest BCUT2D eigenvalue weighted by Gasteiger charge is -2.18. The van der Waals surface area contributed by atoms with E-state index >= 15 is 0 Å². The van der Waals surface area contributed by atoms with Crippen molar-refractivity contribution in [3.05, 3.63) is 23.8 Å². The molecule has 1 N–H and O–H groups in total. The zero-order chi connectivity index (χ0) is 18.0. The van der Waals surface area contributed by atoms with Gasteiger partial charge in [0.15, 0.2) is 17.1 Å².